The normalized spacial score (nSPS) is 13.8. The van der Waals surface area contributed by atoms with Gasteiger partial charge in [-0.25, -0.2) is 0 Å². The van der Waals surface area contributed by atoms with Crippen LogP contribution in [0.5, 0.6) is 0 Å². The van der Waals surface area contributed by atoms with Gasteiger partial charge in [0.25, 0.3) is 0 Å². The highest BCUT2D eigenvalue weighted by atomic mass is 15.0. The SMILES string of the molecule is Cc1ccc2c(c1)c1cc(C(C)(C)C)cc3c1n2-c1cc2c(cc1B3c1c(C(C)C)cc(C(C)C)cc1C(C)C)-n1c3ccc(C)cc3c3cc(C(C)(C)C)cc(c31)B2c1c(C(C)C)cc(C(C)C)cc1C(C)C. The number of hydrogen-bond donors (Lipinski definition) is 0. The van der Waals surface area contributed by atoms with Crippen LogP contribution in [-0.4, -0.2) is 22.6 Å². The zero-order valence-corrected chi connectivity index (χ0v) is 48.8. The van der Waals surface area contributed by atoms with Gasteiger partial charge in [-0.1, -0.05) is 195 Å². The predicted molar refractivity (Wildman–Crippen MR) is 329 cm³/mol. The maximum atomic E-state index is 2.73. The predicted octanol–water partition coefficient (Wildman–Crippen LogP) is 15.5. The molecular weight excluding hydrogens is 890 g/mol. The zero-order valence-electron chi connectivity index (χ0n) is 48.8. The molecule has 11 rings (SSSR count). The summed E-state index contributed by atoms with van der Waals surface area (Å²) in [6.07, 6.45) is 0. The minimum Gasteiger partial charge on any atom is -0.310 e. The summed E-state index contributed by atoms with van der Waals surface area (Å²) in [4.78, 5) is 0. The quantitative estimate of drug-likeness (QED) is 0.134. The number of aryl methyl sites for hydroxylation is 2. The molecule has 74 heavy (non-hydrogen) atoms. The molecule has 2 aromatic heterocycles. The van der Waals surface area contributed by atoms with Crippen LogP contribution in [0.2, 0.25) is 0 Å². The van der Waals surface area contributed by atoms with Crippen molar-refractivity contribution in [3.8, 4) is 11.4 Å². The van der Waals surface area contributed by atoms with Crippen molar-refractivity contribution in [2.24, 2.45) is 0 Å². The Morgan fingerprint density at radius 3 is 0.959 bits per heavy atom. The van der Waals surface area contributed by atoms with E-state index < -0.39 is 0 Å². The molecule has 0 aliphatic carbocycles. The van der Waals surface area contributed by atoms with Gasteiger partial charge in [-0.15, -0.1) is 0 Å². The molecule has 4 heterocycles. The Hall–Kier alpha value is -5.73. The third-order valence-corrected chi connectivity index (χ3v) is 17.7. The van der Waals surface area contributed by atoms with Crippen LogP contribution < -0.4 is 32.8 Å². The average Bonchev–Trinajstić information content (AvgIpc) is 3.82. The molecule has 0 N–H and O–H groups in total. The lowest BCUT2D eigenvalue weighted by Crippen LogP contribution is -2.62. The van der Waals surface area contributed by atoms with Crippen molar-refractivity contribution in [2.45, 2.75) is 185 Å². The van der Waals surface area contributed by atoms with Gasteiger partial charge in [-0.3, -0.25) is 0 Å². The van der Waals surface area contributed by atoms with E-state index in [1.165, 1.54) is 143 Å². The number of hydrogen-bond acceptors (Lipinski definition) is 0. The van der Waals surface area contributed by atoms with Crippen LogP contribution in [0.25, 0.3) is 55.0 Å². The molecule has 2 nitrogen and oxygen atoms in total. The van der Waals surface area contributed by atoms with E-state index in [1.54, 1.807) is 0 Å². The second-order valence-electron chi connectivity index (χ2n) is 27.1. The van der Waals surface area contributed by atoms with Crippen molar-refractivity contribution in [3.63, 3.8) is 0 Å². The summed E-state index contributed by atoms with van der Waals surface area (Å²) < 4.78 is 5.45. The summed E-state index contributed by atoms with van der Waals surface area (Å²) in [6.45, 7) is 47.9. The molecular formula is C70H82B2N2. The lowest BCUT2D eigenvalue weighted by Gasteiger charge is -2.37. The highest BCUT2D eigenvalue weighted by Crippen LogP contribution is 2.42. The Bertz CT molecular complexity index is 3480. The molecule has 0 saturated carbocycles. The summed E-state index contributed by atoms with van der Waals surface area (Å²) in [5.74, 6) is 2.19. The summed E-state index contributed by atoms with van der Waals surface area (Å²) in [5.41, 5.74) is 30.8. The smallest absolute Gasteiger partial charge is 0.247 e. The number of aromatic nitrogens is 2. The molecule has 0 amide bonds. The molecule has 0 radical (unpaired) electrons. The lowest BCUT2D eigenvalue weighted by molar-refractivity contribution is 0.591. The van der Waals surface area contributed by atoms with Crippen LogP contribution in [0.1, 0.15) is 216 Å². The molecule has 378 valence electrons. The van der Waals surface area contributed by atoms with Gasteiger partial charge < -0.3 is 9.13 Å². The number of nitrogens with zero attached hydrogens (tertiary/aromatic N) is 2. The van der Waals surface area contributed by atoms with E-state index in [0.29, 0.717) is 35.5 Å². The highest BCUT2D eigenvalue weighted by Gasteiger charge is 2.44. The van der Waals surface area contributed by atoms with Gasteiger partial charge in [0.15, 0.2) is 0 Å². The molecule has 0 fully saturated rings. The summed E-state index contributed by atoms with van der Waals surface area (Å²) >= 11 is 0. The molecule has 7 aromatic carbocycles. The number of fused-ring (bicyclic) bond motifs is 10. The van der Waals surface area contributed by atoms with Crippen LogP contribution in [0.15, 0.2) is 97.1 Å². The Labute approximate surface area is 445 Å². The van der Waals surface area contributed by atoms with Gasteiger partial charge in [0, 0.05) is 44.0 Å². The molecule has 4 heteroatoms. The monoisotopic (exact) mass is 973 g/mol. The molecule has 0 bridgehead atoms. The second-order valence-corrected chi connectivity index (χ2v) is 27.1. The lowest BCUT2D eigenvalue weighted by atomic mass is 9.31. The third-order valence-electron chi connectivity index (χ3n) is 17.7. The van der Waals surface area contributed by atoms with E-state index in [4.69, 9.17) is 0 Å². The van der Waals surface area contributed by atoms with Crippen molar-refractivity contribution in [1.82, 2.24) is 9.13 Å². The van der Waals surface area contributed by atoms with E-state index in [9.17, 15) is 0 Å². The first kappa shape index (κ1) is 50.4. The van der Waals surface area contributed by atoms with Gasteiger partial charge in [0.05, 0.1) is 11.0 Å². The van der Waals surface area contributed by atoms with Crippen molar-refractivity contribution in [3.05, 3.63) is 153 Å². The van der Waals surface area contributed by atoms with Crippen LogP contribution >= 0.6 is 0 Å². The minimum absolute atomic E-state index is 0.000489. The number of rotatable bonds is 8. The van der Waals surface area contributed by atoms with Gasteiger partial charge in [0.1, 0.15) is 0 Å². The van der Waals surface area contributed by atoms with Crippen LogP contribution in [0.3, 0.4) is 0 Å². The fourth-order valence-corrected chi connectivity index (χ4v) is 13.5. The standard InChI is InChI=1S/C70H82B2N2/c1-37(2)45-27-49(39(5)6)65(50(28-45)40(7)8)71-57-35-64-58(36-63(57)73-61-23-21-43(13)25-53(61)55-31-47(69(15,16)17)33-59(71)67(55)73)72(66-51(41(9)10)29-46(38(3)4)30-52(66)42(11)12)60-34-48(70(18,19)20)32-56-54-26-44(14)22-24-62(54)74(64)68(56)60/h21-42H,1-20H3. The molecule has 9 aromatic rings. The minimum atomic E-state index is -0.0587. The van der Waals surface area contributed by atoms with E-state index >= 15 is 0 Å². The van der Waals surface area contributed by atoms with Crippen LogP contribution in [0.4, 0.5) is 0 Å². The zero-order chi connectivity index (χ0) is 53.1. The highest BCUT2D eigenvalue weighted by molar-refractivity contribution is 7.00. The summed E-state index contributed by atoms with van der Waals surface area (Å²) in [6, 6.07) is 40.7. The number of benzene rings is 7. The Balaban J connectivity index is 1.41. The van der Waals surface area contributed by atoms with E-state index in [0.717, 1.165) is 0 Å². The maximum Gasteiger partial charge on any atom is 0.247 e. The first-order chi connectivity index (χ1) is 34.8. The fraction of sp³-hybridized carbons (Fsp3) is 0.400. The van der Waals surface area contributed by atoms with Crippen LogP contribution in [0, 0.1) is 13.8 Å². The summed E-state index contributed by atoms with van der Waals surface area (Å²) in [5, 5.41) is 5.43. The second kappa shape index (κ2) is 17.4. The molecule has 0 unspecified atom stereocenters. The third kappa shape index (κ3) is 7.64. The van der Waals surface area contributed by atoms with Crippen molar-refractivity contribution in [1.29, 1.82) is 0 Å². The van der Waals surface area contributed by atoms with Crippen LogP contribution in [-0.2, 0) is 10.8 Å². The van der Waals surface area contributed by atoms with Crippen molar-refractivity contribution < 1.29 is 0 Å². The van der Waals surface area contributed by atoms with Crippen molar-refractivity contribution in [2.75, 3.05) is 0 Å². The first-order valence-electron chi connectivity index (χ1n) is 28.5. The average molecular weight is 973 g/mol. The van der Waals surface area contributed by atoms with E-state index in [1.807, 2.05) is 0 Å². The van der Waals surface area contributed by atoms with E-state index in [-0.39, 0.29) is 24.3 Å². The maximum absolute atomic E-state index is 2.73. The van der Waals surface area contributed by atoms with Crippen molar-refractivity contribution >= 4 is 89.8 Å². The van der Waals surface area contributed by atoms with Gasteiger partial charge in [-0.2, -0.15) is 0 Å². The molecule has 2 aliphatic heterocycles. The molecule has 2 aliphatic rings. The molecule has 0 atom stereocenters. The van der Waals surface area contributed by atoms with E-state index in [2.05, 4.69) is 245 Å². The Kier molecular flexibility index (Phi) is 11.9. The largest absolute Gasteiger partial charge is 0.310 e. The van der Waals surface area contributed by atoms with Gasteiger partial charge >= 0.3 is 0 Å². The molecule has 0 spiro atoms. The Morgan fingerprint density at radius 1 is 0.351 bits per heavy atom. The fourth-order valence-electron chi connectivity index (χ4n) is 13.5. The summed E-state index contributed by atoms with van der Waals surface area (Å²) in [7, 11) is 0. The van der Waals surface area contributed by atoms with Gasteiger partial charge in [-0.05, 0) is 175 Å². The topological polar surface area (TPSA) is 9.86 Å². The molecule has 0 saturated heterocycles. The van der Waals surface area contributed by atoms with Gasteiger partial charge in [0.2, 0.25) is 13.4 Å². The Morgan fingerprint density at radius 2 is 0.676 bits per heavy atom. The first-order valence-corrected chi connectivity index (χ1v) is 28.5.